The zero-order valence-corrected chi connectivity index (χ0v) is 21.4. The number of hydrogen-bond acceptors (Lipinski definition) is 2. The fourth-order valence-electron chi connectivity index (χ4n) is 4.87. The summed E-state index contributed by atoms with van der Waals surface area (Å²) in [5.74, 6) is -0.264. The molecule has 0 aliphatic rings. The van der Waals surface area contributed by atoms with Crippen molar-refractivity contribution in [2.45, 2.75) is 0 Å². The normalized spacial score (nSPS) is 10.7. The first kappa shape index (κ1) is 24.2. The molecule has 39 heavy (non-hydrogen) atoms. The lowest BCUT2D eigenvalue weighted by molar-refractivity contribution is 0.631. The zero-order chi connectivity index (χ0) is 26.4. The minimum absolute atomic E-state index is 0.264. The summed E-state index contributed by atoms with van der Waals surface area (Å²) in [4.78, 5) is 4.26. The van der Waals surface area contributed by atoms with Gasteiger partial charge in [0.25, 0.3) is 0 Å². The molecular weight excluding hydrogens is 479 g/mol. The molecule has 0 spiro atoms. The Bertz CT molecular complexity index is 1560. The van der Waals surface area contributed by atoms with Gasteiger partial charge in [-0.25, -0.2) is 4.39 Å². The molecule has 0 amide bonds. The van der Waals surface area contributed by atoms with Gasteiger partial charge in [-0.15, -0.1) is 0 Å². The summed E-state index contributed by atoms with van der Waals surface area (Å²) < 4.78 is 15.7. The van der Waals surface area contributed by atoms with Gasteiger partial charge < -0.3 is 9.80 Å². The van der Waals surface area contributed by atoms with Crippen molar-refractivity contribution >= 4 is 34.1 Å². The minimum Gasteiger partial charge on any atom is -0.311 e. The predicted molar refractivity (Wildman–Crippen MR) is 161 cm³/mol. The van der Waals surface area contributed by atoms with Gasteiger partial charge in [0, 0.05) is 39.7 Å². The van der Waals surface area contributed by atoms with Crippen LogP contribution in [-0.4, -0.2) is 0 Å². The molecule has 0 fully saturated rings. The smallest absolute Gasteiger partial charge is 0.133 e. The van der Waals surface area contributed by atoms with Crippen LogP contribution in [0.3, 0.4) is 0 Å². The number of hydrogen-bond donors (Lipinski definition) is 0. The van der Waals surface area contributed by atoms with Gasteiger partial charge in [-0.05, 0) is 84.4 Å². The van der Waals surface area contributed by atoms with Crippen molar-refractivity contribution in [3.05, 3.63) is 170 Å². The Labute approximate surface area is 228 Å². The van der Waals surface area contributed by atoms with E-state index in [1.807, 2.05) is 133 Å². The first-order valence-electron chi connectivity index (χ1n) is 13.0. The maximum atomic E-state index is 15.7. The van der Waals surface area contributed by atoms with Crippen LogP contribution in [0.15, 0.2) is 164 Å². The molecule has 0 radical (unpaired) electrons. The molecule has 6 aromatic carbocycles. The highest BCUT2D eigenvalue weighted by Gasteiger charge is 2.16. The van der Waals surface area contributed by atoms with E-state index >= 15 is 4.39 Å². The summed E-state index contributed by atoms with van der Waals surface area (Å²) >= 11 is 0. The molecule has 0 unspecified atom stereocenters. The van der Waals surface area contributed by atoms with Crippen LogP contribution in [0, 0.1) is 5.82 Å². The average molecular weight is 507 g/mol. The fourth-order valence-corrected chi connectivity index (χ4v) is 4.87. The van der Waals surface area contributed by atoms with Crippen molar-refractivity contribution in [3.63, 3.8) is 0 Å². The summed E-state index contributed by atoms with van der Waals surface area (Å²) in [6.45, 7) is 0. The quantitative estimate of drug-likeness (QED) is 0.212. The van der Waals surface area contributed by atoms with Gasteiger partial charge in [-0.2, -0.15) is 0 Å². The maximum Gasteiger partial charge on any atom is 0.133 e. The third-order valence-corrected chi connectivity index (χ3v) is 6.70. The molecule has 0 saturated heterocycles. The van der Waals surface area contributed by atoms with Gasteiger partial charge in [0.1, 0.15) is 5.82 Å². The largest absolute Gasteiger partial charge is 0.311 e. The third-order valence-electron chi connectivity index (χ3n) is 6.70. The van der Waals surface area contributed by atoms with Crippen LogP contribution in [0.2, 0.25) is 0 Å². The topological polar surface area (TPSA) is 6.48 Å². The number of nitrogens with zero attached hydrogens (tertiary/aromatic N) is 2. The average Bonchev–Trinajstić information content (AvgIpc) is 3.00. The summed E-state index contributed by atoms with van der Waals surface area (Å²) in [5, 5.41) is 0. The Morgan fingerprint density at radius 2 is 0.667 bits per heavy atom. The van der Waals surface area contributed by atoms with E-state index in [1.165, 1.54) is 0 Å². The van der Waals surface area contributed by atoms with Crippen LogP contribution >= 0.6 is 0 Å². The van der Waals surface area contributed by atoms with E-state index in [1.54, 1.807) is 6.07 Å². The highest BCUT2D eigenvalue weighted by Crippen LogP contribution is 2.38. The van der Waals surface area contributed by atoms with E-state index < -0.39 is 0 Å². The van der Waals surface area contributed by atoms with Crippen LogP contribution in [-0.2, 0) is 0 Å². The molecule has 6 rings (SSSR count). The number of rotatable bonds is 7. The third kappa shape index (κ3) is 5.16. The molecular formula is C36H27FN2. The SMILES string of the molecule is Fc1cc(N(c2ccccc2)c2ccccc2)ccc1-c1ccc(N(c2ccccc2)c2ccccc2)cc1. The van der Waals surface area contributed by atoms with Gasteiger partial charge in [0.15, 0.2) is 0 Å². The second kappa shape index (κ2) is 11.1. The molecule has 0 aliphatic carbocycles. The van der Waals surface area contributed by atoms with E-state index in [-0.39, 0.29) is 5.82 Å². The van der Waals surface area contributed by atoms with Crippen molar-refractivity contribution in [2.24, 2.45) is 0 Å². The van der Waals surface area contributed by atoms with Crippen molar-refractivity contribution in [1.29, 1.82) is 0 Å². The summed E-state index contributed by atoms with van der Waals surface area (Å²) in [5.41, 5.74) is 7.25. The van der Waals surface area contributed by atoms with Gasteiger partial charge in [0.05, 0.1) is 0 Å². The van der Waals surface area contributed by atoms with Crippen molar-refractivity contribution < 1.29 is 4.39 Å². The molecule has 6 aromatic rings. The number of para-hydroxylation sites is 4. The molecule has 0 N–H and O–H groups in total. The minimum atomic E-state index is -0.264. The first-order chi connectivity index (χ1) is 19.3. The molecule has 0 atom stereocenters. The molecule has 0 aromatic heterocycles. The van der Waals surface area contributed by atoms with E-state index in [9.17, 15) is 0 Å². The molecule has 0 bridgehead atoms. The molecule has 3 heteroatoms. The Kier molecular flexibility index (Phi) is 6.87. The van der Waals surface area contributed by atoms with Crippen molar-refractivity contribution in [1.82, 2.24) is 0 Å². The van der Waals surface area contributed by atoms with E-state index in [2.05, 4.69) is 34.1 Å². The number of halogens is 1. The van der Waals surface area contributed by atoms with Crippen molar-refractivity contribution in [2.75, 3.05) is 9.80 Å². The summed E-state index contributed by atoms with van der Waals surface area (Å²) in [6, 6.07) is 54.1. The van der Waals surface area contributed by atoms with Crippen molar-refractivity contribution in [3.8, 4) is 11.1 Å². The van der Waals surface area contributed by atoms with Gasteiger partial charge >= 0.3 is 0 Å². The molecule has 0 heterocycles. The highest BCUT2D eigenvalue weighted by atomic mass is 19.1. The lowest BCUT2D eigenvalue weighted by atomic mass is 10.0. The van der Waals surface area contributed by atoms with E-state index in [0.717, 1.165) is 39.7 Å². The zero-order valence-electron chi connectivity index (χ0n) is 21.4. The van der Waals surface area contributed by atoms with Crippen LogP contribution in [0.4, 0.5) is 38.5 Å². The van der Waals surface area contributed by atoms with Crippen LogP contribution < -0.4 is 9.80 Å². The second-order valence-electron chi connectivity index (χ2n) is 9.22. The van der Waals surface area contributed by atoms with Crippen LogP contribution in [0.25, 0.3) is 11.1 Å². The van der Waals surface area contributed by atoms with E-state index in [4.69, 9.17) is 0 Å². The predicted octanol–water partition coefficient (Wildman–Crippen LogP) is 10.4. The van der Waals surface area contributed by atoms with Crippen LogP contribution in [0.5, 0.6) is 0 Å². The summed E-state index contributed by atoms with van der Waals surface area (Å²) in [7, 11) is 0. The van der Waals surface area contributed by atoms with E-state index in [0.29, 0.717) is 5.56 Å². The van der Waals surface area contributed by atoms with Gasteiger partial charge in [-0.1, -0.05) is 84.9 Å². The number of benzene rings is 6. The Hall–Kier alpha value is -5.15. The maximum absolute atomic E-state index is 15.7. The lowest BCUT2D eigenvalue weighted by Crippen LogP contribution is -2.10. The Morgan fingerprint density at radius 1 is 0.333 bits per heavy atom. The number of anilines is 6. The Balaban J connectivity index is 1.35. The first-order valence-corrected chi connectivity index (χ1v) is 13.0. The molecule has 0 aliphatic heterocycles. The molecule has 0 saturated carbocycles. The van der Waals surface area contributed by atoms with Crippen LogP contribution in [0.1, 0.15) is 0 Å². The van der Waals surface area contributed by atoms with Gasteiger partial charge in [-0.3, -0.25) is 0 Å². The lowest BCUT2D eigenvalue weighted by Gasteiger charge is -2.26. The monoisotopic (exact) mass is 506 g/mol. The molecule has 188 valence electrons. The summed E-state index contributed by atoms with van der Waals surface area (Å²) in [6.07, 6.45) is 0. The highest BCUT2D eigenvalue weighted by molar-refractivity contribution is 5.80. The second-order valence-corrected chi connectivity index (χ2v) is 9.22. The molecule has 2 nitrogen and oxygen atoms in total. The van der Waals surface area contributed by atoms with Gasteiger partial charge in [0.2, 0.25) is 0 Å². The Morgan fingerprint density at radius 3 is 1.05 bits per heavy atom. The standard InChI is InChI=1S/C36H27FN2/c37-36-27-34(39(31-17-9-3-10-18-31)32-19-11-4-12-20-32)25-26-35(36)28-21-23-33(24-22-28)38(29-13-5-1-6-14-29)30-15-7-2-8-16-30/h1-27H. The fraction of sp³-hybridized carbons (Fsp3) is 0.